The number of carbonyl (C=O) groups is 1. The van der Waals surface area contributed by atoms with E-state index < -0.39 is 6.10 Å². The molecule has 1 atom stereocenters. The maximum absolute atomic E-state index is 12.4. The fourth-order valence-electron chi connectivity index (χ4n) is 3.20. The van der Waals surface area contributed by atoms with E-state index in [-0.39, 0.29) is 18.2 Å². The van der Waals surface area contributed by atoms with Crippen molar-refractivity contribution in [1.29, 1.82) is 0 Å². The lowest BCUT2D eigenvalue weighted by molar-refractivity contribution is 0.0911. The molecule has 1 saturated carbocycles. The minimum absolute atomic E-state index is 0.169. The van der Waals surface area contributed by atoms with Gasteiger partial charge in [-0.1, -0.05) is 6.07 Å². The lowest BCUT2D eigenvalue weighted by Crippen LogP contribution is -2.32. The summed E-state index contributed by atoms with van der Waals surface area (Å²) in [4.78, 5) is 16.6. The number of hydrogen-bond donors (Lipinski definition) is 5. The van der Waals surface area contributed by atoms with Crippen molar-refractivity contribution in [2.45, 2.75) is 50.8 Å². The number of pyridine rings is 1. The first-order chi connectivity index (χ1) is 13.5. The predicted molar refractivity (Wildman–Crippen MR) is 108 cm³/mol. The molecule has 0 unspecified atom stereocenters. The summed E-state index contributed by atoms with van der Waals surface area (Å²) in [5.74, 6) is 0.658. The van der Waals surface area contributed by atoms with Gasteiger partial charge in [0.05, 0.1) is 6.10 Å². The number of anilines is 1. The zero-order valence-electron chi connectivity index (χ0n) is 15.9. The standard InChI is InChI=1S/C21H28N4O3/c22-12-16-10-18(26)6-4-14(16)5-7-19(27)13-24-21(28)15-8-9-23-20(11-15)25-17-2-1-3-17/h4,6,8-11,17,19,26-27H,1-3,5,7,12-13,22H2,(H,23,25)(H,24,28)/t19-/m0/s1. The van der Waals surface area contributed by atoms with Gasteiger partial charge in [-0.25, -0.2) is 4.98 Å². The van der Waals surface area contributed by atoms with Crippen LogP contribution in [0, 0.1) is 0 Å². The molecule has 7 heteroatoms. The highest BCUT2D eigenvalue weighted by atomic mass is 16.3. The van der Waals surface area contributed by atoms with Gasteiger partial charge in [0.2, 0.25) is 0 Å². The van der Waals surface area contributed by atoms with Gasteiger partial charge >= 0.3 is 0 Å². The third-order valence-corrected chi connectivity index (χ3v) is 5.13. The molecule has 0 spiro atoms. The number of hydrogen-bond acceptors (Lipinski definition) is 6. The van der Waals surface area contributed by atoms with Crippen LogP contribution in [-0.4, -0.2) is 39.8 Å². The van der Waals surface area contributed by atoms with Crippen molar-refractivity contribution in [2.24, 2.45) is 5.73 Å². The van der Waals surface area contributed by atoms with Crippen molar-refractivity contribution in [3.8, 4) is 5.75 Å². The Kier molecular flexibility index (Phi) is 6.84. The highest BCUT2D eigenvalue weighted by Crippen LogP contribution is 2.22. The number of aliphatic hydroxyl groups is 1. The third-order valence-electron chi connectivity index (χ3n) is 5.13. The first kappa shape index (κ1) is 20.1. The summed E-state index contributed by atoms with van der Waals surface area (Å²) in [5.41, 5.74) is 8.08. The number of phenolic OH excluding ortho intramolecular Hbond substituents is 1. The number of aliphatic hydroxyl groups excluding tert-OH is 1. The van der Waals surface area contributed by atoms with Crippen molar-refractivity contribution in [1.82, 2.24) is 10.3 Å². The second kappa shape index (κ2) is 9.52. The summed E-state index contributed by atoms with van der Waals surface area (Å²) < 4.78 is 0. The summed E-state index contributed by atoms with van der Waals surface area (Å²) in [5, 5.41) is 25.8. The molecule has 1 amide bonds. The number of nitrogens with two attached hydrogens (primary N) is 1. The summed E-state index contributed by atoms with van der Waals surface area (Å²) in [6.07, 6.45) is 5.56. The molecule has 2 aromatic rings. The van der Waals surface area contributed by atoms with E-state index in [1.807, 2.05) is 6.07 Å². The smallest absolute Gasteiger partial charge is 0.251 e. The molecule has 1 heterocycles. The summed E-state index contributed by atoms with van der Waals surface area (Å²) >= 11 is 0. The minimum Gasteiger partial charge on any atom is -0.508 e. The molecule has 1 aromatic heterocycles. The first-order valence-corrected chi connectivity index (χ1v) is 9.75. The molecular formula is C21H28N4O3. The van der Waals surface area contributed by atoms with E-state index >= 15 is 0 Å². The number of aromatic nitrogens is 1. The van der Waals surface area contributed by atoms with Crippen molar-refractivity contribution in [2.75, 3.05) is 11.9 Å². The second-order valence-corrected chi connectivity index (χ2v) is 7.26. The lowest BCUT2D eigenvalue weighted by Gasteiger charge is -2.26. The molecule has 1 aliphatic rings. The van der Waals surface area contributed by atoms with Crippen LogP contribution in [0.25, 0.3) is 0 Å². The van der Waals surface area contributed by atoms with Crippen molar-refractivity contribution < 1.29 is 15.0 Å². The van der Waals surface area contributed by atoms with Gasteiger partial charge in [0.25, 0.3) is 5.91 Å². The summed E-state index contributed by atoms with van der Waals surface area (Å²) in [6.45, 7) is 0.498. The van der Waals surface area contributed by atoms with Crippen LogP contribution in [0.5, 0.6) is 5.75 Å². The Morgan fingerprint density at radius 3 is 2.79 bits per heavy atom. The van der Waals surface area contributed by atoms with Crippen LogP contribution < -0.4 is 16.4 Å². The Hall–Kier alpha value is -2.64. The maximum Gasteiger partial charge on any atom is 0.251 e. The quantitative estimate of drug-likeness (QED) is 0.451. The van der Waals surface area contributed by atoms with Crippen LogP contribution in [0.15, 0.2) is 36.5 Å². The number of nitrogens with zero attached hydrogens (tertiary/aromatic N) is 1. The Bertz CT molecular complexity index is 808. The monoisotopic (exact) mass is 384 g/mol. The van der Waals surface area contributed by atoms with Crippen LogP contribution in [0.3, 0.4) is 0 Å². The molecule has 28 heavy (non-hydrogen) atoms. The minimum atomic E-state index is -0.669. The van der Waals surface area contributed by atoms with E-state index in [9.17, 15) is 15.0 Å². The average molecular weight is 384 g/mol. The third kappa shape index (κ3) is 5.43. The Labute approximate surface area is 165 Å². The van der Waals surface area contributed by atoms with E-state index in [0.717, 1.165) is 24.0 Å². The maximum atomic E-state index is 12.4. The zero-order chi connectivity index (χ0) is 19.9. The fourth-order valence-corrected chi connectivity index (χ4v) is 3.20. The van der Waals surface area contributed by atoms with Crippen LogP contribution in [0.4, 0.5) is 5.82 Å². The molecule has 0 saturated heterocycles. The molecule has 7 nitrogen and oxygen atoms in total. The molecule has 0 bridgehead atoms. The van der Waals surface area contributed by atoms with Crippen molar-refractivity contribution in [3.63, 3.8) is 0 Å². The van der Waals surface area contributed by atoms with Gasteiger partial charge in [0.15, 0.2) is 0 Å². The van der Waals surface area contributed by atoms with Crippen molar-refractivity contribution in [3.05, 3.63) is 53.2 Å². The number of aryl methyl sites for hydroxylation is 1. The number of nitrogens with one attached hydrogen (secondary N) is 2. The van der Waals surface area contributed by atoms with E-state index in [0.29, 0.717) is 36.8 Å². The Balaban J connectivity index is 1.47. The highest BCUT2D eigenvalue weighted by molar-refractivity contribution is 5.94. The molecular weight excluding hydrogens is 356 g/mol. The molecule has 0 radical (unpaired) electrons. The molecule has 150 valence electrons. The summed E-state index contributed by atoms with van der Waals surface area (Å²) in [6, 6.07) is 8.92. The molecule has 3 rings (SSSR count). The van der Waals surface area contributed by atoms with Crippen molar-refractivity contribution >= 4 is 11.7 Å². The van der Waals surface area contributed by atoms with Crippen LogP contribution in [-0.2, 0) is 13.0 Å². The number of benzene rings is 1. The number of carbonyl (C=O) groups excluding carboxylic acids is 1. The fraction of sp³-hybridized carbons (Fsp3) is 0.429. The van der Waals surface area contributed by atoms with Crippen LogP contribution in [0.1, 0.15) is 47.2 Å². The largest absolute Gasteiger partial charge is 0.508 e. The van der Waals surface area contributed by atoms with Gasteiger partial charge < -0.3 is 26.6 Å². The molecule has 6 N–H and O–H groups in total. The van der Waals surface area contributed by atoms with Gasteiger partial charge in [0, 0.05) is 30.9 Å². The highest BCUT2D eigenvalue weighted by Gasteiger charge is 2.18. The van der Waals surface area contributed by atoms with Crippen LogP contribution in [0.2, 0.25) is 0 Å². The molecule has 1 aromatic carbocycles. The van der Waals surface area contributed by atoms with Gasteiger partial charge in [-0.05, 0) is 67.5 Å². The Morgan fingerprint density at radius 2 is 2.07 bits per heavy atom. The van der Waals surface area contributed by atoms with E-state index in [2.05, 4.69) is 15.6 Å². The predicted octanol–water partition coefficient (Wildman–Crippen LogP) is 1.93. The lowest BCUT2D eigenvalue weighted by atomic mass is 9.93. The van der Waals surface area contributed by atoms with E-state index in [1.165, 1.54) is 6.42 Å². The number of phenols is 1. The van der Waals surface area contributed by atoms with Gasteiger partial charge in [0.1, 0.15) is 11.6 Å². The SMILES string of the molecule is NCc1cc(O)ccc1CC[C@H](O)CNC(=O)c1ccnc(NC2CCC2)c1. The van der Waals surface area contributed by atoms with E-state index in [1.54, 1.807) is 30.5 Å². The average Bonchev–Trinajstić information content (AvgIpc) is 2.68. The molecule has 0 aliphatic heterocycles. The summed E-state index contributed by atoms with van der Waals surface area (Å²) in [7, 11) is 0. The number of aromatic hydroxyl groups is 1. The van der Waals surface area contributed by atoms with Crippen LogP contribution >= 0.6 is 0 Å². The first-order valence-electron chi connectivity index (χ1n) is 9.75. The van der Waals surface area contributed by atoms with Gasteiger partial charge in [-0.3, -0.25) is 4.79 Å². The number of amides is 1. The Morgan fingerprint density at radius 1 is 1.25 bits per heavy atom. The molecule has 1 fully saturated rings. The topological polar surface area (TPSA) is 121 Å². The zero-order valence-corrected chi connectivity index (χ0v) is 15.9. The molecule has 1 aliphatic carbocycles. The van der Waals surface area contributed by atoms with E-state index in [4.69, 9.17) is 5.73 Å². The van der Waals surface area contributed by atoms with Gasteiger partial charge in [-0.15, -0.1) is 0 Å². The van der Waals surface area contributed by atoms with Gasteiger partial charge in [-0.2, -0.15) is 0 Å². The second-order valence-electron chi connectivity index (χ2n) is 7.26. The normalized spacial score (nSPS) is 14.9. The number of rotatable bonds is 9.